The highest BCUT2D eigenvalue weighted by Gasteiger charge is 2.41. The molecule has 0 saturated heterocycles. The third-order valence-corrected chi connectivity index (χ3v) is 5.07. The lowest BCUT2D eigenvalue weighted by Crippen LogP contribution is -2.46. The number of hydrogen-bond donors (Lipinski definition) is 0. The third-order valence-electron chi connectivity index (χ3n) is 5.07. The lowest BCUT2D eigenvalue weighted by Gasteiger charge is -2.33. The molecule has 0 spiro atoms. The van der Waals surface area contributed by atoms with Gasteiger partial charge in [-0.3, -0.25) is 9.47 Å². The predicted octanol–water partition coefficient (Wildman–Crippen LogP) is 3.63. The van der Waals surface area contributed by atoms with Crippen LogP contribution in [0.3, 0.4) is 0 Å². The average Bonchev–Trinajstić information content (AvgIpc) is 3.17. The number of alkyl halides is 3. The summed E-state index contributed by atoms with van der Waals surface area (Å²) in [6.07, 6.45) is -0.538. The van der Waals surface area contributed by atoms with Gasteiger partial charge >= 0.3 is 18.2 Å². The molecule has 0 fully saturated rings. The zero-order valence-corrected chi connectivity index (χ0v) is 16.1. The first-order chi connectivity index (χ1) is 14.1. The zero-order chi connectivity index (χ0) is 21.5. The van der Waals surface area contributed by atoms with Gasteiger partial charge in [-0.15, -0.1) is 13.2 Å². The molecule has 0 radical (unpaired) electrons. The standard InChI is InChI=1S/C19H19F3N4O4/c1-18(12-25-10-16(26(27)28)23-17(25)30-18)11-24-8-6-14(7-9-24)13-2-4-15(5-3-13)29-19(20,21)22/h2-6,10H,7-9,11-12H2,1H3. The normalized spacial score (nSPS) is 21.7. The Morgan fingerprint density at radius 3 is 2.63 bits per heavy atom. The van der Waals surface area contributed by atoms with E-state index in [0.717, 1.165) is 24.1 Å². The molecule has 2 aliphatic heterocycles. The van der Waals surface area contributed by atoms with Crippen LogP contribution in [0.15, 0.2) is 36.5 Å². The SMILES string of the molecule is CC1(CN2CC=C(c3ccc(OC(F)(F)F)cc3)CC2)Cn2cc([N+](=O)[O-])nc2O1. The molecule has 160 valence electrons. The fraction of sp³-hybridized carbons (Fsp3) is 0.421. The first-order valence-corrected chi connectivity index (χ1v) is 9.28. The van der Waals surface area contributed by atoms with Crippen molar-refractivity contribution in [2.75, 3.05) is 19.6 Å². The van der Waals surface area contributed by atoms with E-state index in [1.807, 2.05) is 13.0 Å². The van der Waals surface area contributed by atoms with E-state index in [0.29, 0.717) is 19.6 Å². The van der Waals surface area contributed by atoms with Crippen molar-refractivity contribution in [3.63, 3.8) is 0 Å². The molecule has 4 rings (SSSR count). The second-order valence-corrected chi connectivity index (χ2v) is 7.61. The molecular weight excluding hydrogens is 405 g/mol. The Hall–Kier alpha value is -3.08. The number of nitrogens with zero attached hydrogens (tertiary/aromatic N) is 4. The molecule has 0 saturated carbocycles. The van der Waals surface area contributed by atoms with E-state index >= 15 is 0 Å². The highest BCUT2D eigenvalue weighted by atomic mass is 19.4. The molecule has 30 heavy (non-hydrogen) atoms. The summed E-state index contributed by atoms with van der Waals surface area (Å²) in [6.45, 7) is 4.45. The molecule has 8 nitrogen and oxygen atoms in total. The van der Waals surface area contributed by atoms with Crippen molar-refractivity contribution >= 4 is 11.4 Å². The molecule has 0 bridgehead atoms. The topological polar surface area (TPSA) is 82.7 Å². The summed E-state index contributed by atoms with van der Waals surface area (Å²) < 4.78 is 48.2. The van der Waals surface area contributed by atoms with Gasteiger partial charge < -0.3 is 19.6 Å². The van der Waals surface area contributed by atoms with Crippen LogP contribution in [-0.2, 0) is 6.54 Å². The maximum Gasteiger partial charge on any atom is 0.573 e. The van der Waals surface area contributed by atoms with Crippen molar-refractivity contribution in [2.24, 2.45) is 0 Å². The number of imidazole rings is 1. The van der Waals surface area contributed by atoms with Crippen molar-refractivity contribution in [3.8, 4) is 11.8 Å². The molecule has 0 aliphatic carbocycles. The molecule has 1 atom stereocenters. The number of benzene rings is 1. The van der Waals surface area contributed by atoms with Crippen LogP contribution in [-0.4, -0.2) is 51.0 Å². The maximum atomic E-state index is 12.3. The number of ether oxygens (including phenoxy) is 2. The van der Waals surface area contributed by atoms with Crippen molar-refractivity contribution in [1.82, 2.24) is 14.5 Å². The minimum atomic E-state index is -4.70. The van der Waals surface area contributed by atoms with E-state index < -0.39 is 16.9 Å². The number of rotatable bonds is 5. The third kappa shape index (κ3) is 4.40. The molecule has 1 unspecified atom stereocenters. The molecule has 3 heterocycles. The Bertz CT molecular complexity index is 961. The average molecular weight is 424 g/mol. The minimum absolute atomic E-state index is 0.232. The highest BCUT2D eigenvalue weighted by molar-refractivity contribution is 5.67. The lowest BCUT2D eigenvalue weighted by molar-refractivity contribution is -0.389. The number of hydrogen-bond acceptors (Lipinski definition) is 6. The van der Waals surface area contributed by atoms with E-state index in [4.69, 9.17) is 4.74 Å². The number of fused-ring (bicyclic) bond motifs is 1. The monoisotopic (exact) mass is 424 g/mol. The van der Waals surface area contributed by atoms with Crippen molar-refractivity contribution in [1.29, 1.82) is 0 Å². The molecule has 1 aromatic heterocycles. The van der Waals surface area contributed by atoms with Gasteiger partial charge in [-0.1, -0.05) is 18.2 Å². The Morgan fingerprint density at radius 2 is 2.07 bits per heavy atom. The summed E-state index contributed by atoms with van der Waals surface area (Å²) in [5, 5.41) is 10.8. The Balaban J connectivity index is 1.35. The van der Waals surface area contributed by atoms with Gasteiger partial charge in [0.05, 0.1) is 6.54 Å². The first kappa shape index (κ1) is 20.2. The Labute approximate surface area is 169 Å². The molecule has 11 heteroatoms. The van der Waals surface area contributed by atoms with Gasteiger partial charge in [0.15, 0.2) is 0 Å². The summed E-state index contributed by atoms with van der Waals surface area (Å²) >= 11 is 0. The van der Waals surface area contributed by atoms with Crippen LogP contribution < -0.4 is 9.47 Å². The van der Waals surface area contributed by atoms with Crippen molar-refractivity contribution < 1.29 is 27.6 Å². The smallest absolute Gasteiger partial charge is 0.436 e. The minimum Gasteiger partial charge on any atom is -0.436 e. The van der Waals surface area contributed by atoms with Crippen LogP contribution in [0, 0.1) is 10.1 Å². The van der Waals surface area contributed by atoms with Gasteiger partial charge in [-0.2, -0.15) is 0 Å². The quantitative estimate of drug-likeness (QED) is 0.539. The lowest BCUT2D eigenvalue weighted by atomic mass is 9.98. The molecule has 0 amide bonds. The summed E-state index contributed by atoms with van der Waals surface area (Å²) in [5.74, 6) is -0.474. The second kappa shape index (κ2) is 7.31. The zero-order valence-electron chi connectivity index (χ0n) is 16.1. The van der Waals surface area contributed by atoms with E-state index in [2.05, 4.69) is 14.6 Å². The molecule has 1 aromatic carbocycles. The van der Waals surface area contributed by atoms with E-state index in [1.54, 1.807) is 16.7 Å². The fourth-order valence-electron chi connectivity index (χ4n) is 3.82. The number of aromatic nitrogens is 2. The molecule has 2 aliphatic rings. The fourth-order valence-corrected chi connectivity index (χ4v) is 3.82. The van der Waals surface area contributed by atoms with E-state index in [9.17, 15) is 23.3 Å². The largest absolute Gasteiger partial charge is 0.573 e. The van der Waals surface area contributed by atoms with Crippen LogP contribution in [0.25, 0.3) is 5.57 Å². The van der Waals surface area contributed by atoms with Crippen LogP contribution in [0.5, 0.6) is 11.8 Å². The summed E-state index contributed by atoms with van der Waals surface area (Å²) in [7, 11) is 0. The maximum absolute atomic E-state index is 12.3. The second-order valence-electron chi connectivity index (χ2n) is 7.61. The van der Waals surface area contributed by atoms with Gasteiger partial charge in [0, 0.05) is 24.6 Å². The summed E-state index contributed by atoms with van der Waals surface area (Å²) in [5.41, 5.74) is 1.38. The van der Waals surface area contributed by atoms with Gasteiger partial charge in [0.25, 0.3) is 0 Å². The van der Waals surface area contributed by atoms with Gasteiger partial charge in [-0.05, 0) is 41.5 Å². The Morgan fingerprint density at radius 1 is 1.33 bits per heavy atom. The van der Waals surface area contributed by atoms with Crippen LogP contribution in [0.1, 0.15) is 18.9 Å². The van der Waals surface area contributed by atoms with Crippen molar-refractivity contribution in [2.45, 2.75) is 31.9 Å². The molecular formula is C19H19F3N4O4. The summed E-state index contributed by atoms with van der Waals surface area (Å²) in [4.78, 5) is 16.4. The highest BCUT2D eigenvalue weighted by Crippen LogP contribution is 2.33. The predicted molar refractivity (Wildman–Crippen MR) is 100 cm³/mol. The number of nitro groups is 1. The summed E-state index contributed by atoms with van der Waals surface area (Å²) in [6, 6.07) is 6.11. The van der Waals surface area contributed by atoms with Gasteiger partial charge in [0.2, 0.25) is 0 Å². The van der Waals surface area contributed by atoms with Crippen LogP contribution >= 0.6 is 0 Å². The van der Waals surface area contributed by atoms with Crippen LogP contribution in [0.4, 0.5) is 19.0 Å². The van der Waals surface area contributed by atoms with Gasteiger partial charge in [-0.25, -0.2) is 0 Å². The van der Waals surface area contributed by atoms with E-state index in [-0.39, 0.29) is 17.6 Å². The van der Waals surface area contributed by atoms with Gasteiger partial charge in [0.1, 0.15) is 17.5 Å². The Kier molecular flexibility index (Phi) is 4.92. The first-order valence-electron chi connectivity index (χ1n) is 9.28. The van der Waals surface area contributed by atoms with Crippen LogP contribution in [0.2, 0.25) is 0 Å². The molecule has 2 aromatic rings. The number of halogens is 3. The molecule has 0 N–H and O–H groups in total. The van der Waals surface area contributed by atoms with Crippen molar-refractivity contribution in [3.05, 3.63) is 52.2 Å². The van der Waals surface area contributed by atoms with E-state index in [1.165, 1.54) is 18.3 Å².